The Kier molecular flexibility index (Phi) is 12.7. The maximum absolute atomic E-state index is 15.0. The number of Topliss-reactive ketones (excluding diaryl/α,β-unsaturated/α-hetero) is 1. The molecule has 1 saturated heterocycles. The first-order chi connectivity index (χ1) is 26.5. The molecule has 13 nitrogen and oxygen atoms in total. The van der Waals surface area contributed by atoms with Crippen LogP contribution in [0.1, 0.15) is 136 Å². The standard InChI is InChI=1S/C42H67N5O8S/c1-5-23-43-36(51)33(49)30(24-28-15-16-28)44-35(50)32-31-29(39(31,2)3)25-47(32)37(52)34(40(4)17-9-6-10-18-40)45-38(53)46-41(19-11-7-12-20-41)27-56(54,55)42(26-48)21-13-8-14-22-42/h5,28-32,34,48H,1,6-27H2,2-4H3,(H,43,51)(H,44,50)(H2,45,46,53)/t29-,30-,31-,32-,34+/m0/s1. The maximum atomic E-state index is 15.0. The van der Waals surface area contributed by atoms with Crippen molar-refractivity contribution in [3.8, 4) is 0 Å². The first-order valence-electron chi connectivity index (χ1n) is 21.5. The van der Waals surface area contributed by atoms with Crippen LogP contribution in [0.5, 0.6) is 0 Å². The zero-order valence-electron chi connectivity index (χ0n) is 34.0. The number of nitrogens with zero attached hydrogens (tertiary/aromatic N) is 1. The Morgan fingerprint density at radius 2 is 1.45 bits per heavy atom. The summed E-state index contributed by atoms with van der Waals surface area (Å²) < 4.78 is 27.1. The molecule has 0 radical (unpaired) electrons. The van der Waals surface area contributed by atoms with E-state index in [2.05, 4.69) is 41.7 Å². The number of rotatable bonds is 16. The lowest BCUT2D eigenvalue weighted by molar-refractivity contribution is -0.146. The summed E-state index contributed by atoms with van der Waals surface area (Å²) in [5.74, 6) is -2.44. The van der Waals surface area contributed by atoms with Crippen molar-refractivity contribution in [2.24, 2.45) is 28.6 Å². The predicted molar refractivity (Wildman–Crippen MR) is 213 cm³/mol. The molecule has 5 saturated carbocycles. The van der Waals surface area contributed by atoms with Crippen molar-refractivity contribution in [1.29, 1.82) is 0 Å². The van der Waals surface area contributed by atoms with E-state index < -0.39 is 73.9 Å². The zero-order chi connectivity index (χ0) is 40.5. The normalized spacial score (nSPS) is 28.4. The molecule has 1 heterocycles. The molecule has 56 heavy (non-hydrogen) atoms. The van der Waals surface area contributed by atoms with E-state index in [4.69, 9.17) is 0 Å². The van der Waals surface area contributed by atoms with Gasteiger partial charge >= 0.3 is 6.03 Å². The number of urea groups is 1. The number of aliphatic hydroxyl groups is 1. The molecule has 0 aromatic heterocycles. The molecule has 0 aromatic carbocycles. The highest BCUT2D eigenvalue weighted by atomic mass is 32.2. The van der Waals surface area contributed by atoms with Crippen LogP contribution in [-0.2, 0) is 29.0 Å². The number of amides is 5. The average molecular weight is 802 g/mol. The largest absolute Gasteiger partial charge is 0.395 e. The Morgan fingerprint density at radius 3 is 2.02 bits per heavy atom. The molecule has 6 rings (SSSR count). The van der Waals surface area contributed by atoms with Gasteiger partial charge in [0.25, 0.3) is 5.91 Å². The van der Waals surface area contributed by atoms with Gasteiger partial charge in [-0.05, 0) is 73.5 Å². The highest BCUT2D eigenvalue weighted by molar-refractivity contribution is 7.92. The van der Waals surface area contributed by atoms with Crippen LogP contribution in [0.3, 0.4) is 0 Å². The maximum Gasteiger partial charge on any atom is 0.315 e. The van der Waals surface area contributed by atoms with Crippen molar-refractivity contribution in [2.45, 2.75) is 165 Å². The topological polar surface area (TPSA) is 191 Å². The van der Waals surface area contributed by atoms with Gasteiger partial charge in [0, 0.05) is 13.1 Å². The third-order valence-electron chi connectivity index (χ3n) is 14.9. The van der Waals surface area contributed by atoms with E-state index in [0.29, 0.717) is 51.5 Å². The summed E-state index contributed by atoms with van der Waals surface area (Å²) in [6, 6.07) is -3.48. The number of likely N-dealkylation sites (tertiary alicyclic amines) is 1. The second kappa shape index (κ2) is 16.7. The van der Waals surface area contributed by atoms with Crippen LogP contribution >= 0.6 is 0 Å². The molecule has 0 unspecified atom stereocenters. The number of aliphatic hydroxyl groups excluding tert-OH is 1. The third kappa shape index (κ3) is 8.71. The summed E-state index contributed by atoms with van der Waals surface area (Å²) in [5, 5.41) is 22.0. The average Bonchev–Trinajstić information content (AvgIpc) is 4.03. The summed E-state index contributed by atoms with van der Waals surface area (Å²) in [6.07, 6.45) is 14.5. The second-order valence-corrected chi connectivity index (χ2v) is 21.6. The number of hydrogen-bond donors (Lipinski definition) is 5. The smallest absolute Gasteiger partial charge is 0.315 e. The number of nitrogens with one attached hydrogen (secondary N) is 4. The molecule has 14 heteroatoms. The van der Waals surface area contributed by atoms with Gasteiger partial charge < -0.3 is 31.3 Å². The van der Waals surface area contributed by atoms with Gasteiger partial charge in [-0.25, -0.2) is 13.2 Å². The van der Waals surface area contributed by atoms with E-state index in [1.165, 1.54) is 6.08 Å². The summed E-state index contributed by atoms with van der Waals surface area (Å²) in [7, 11) is -3.81. The molecular formula is C42H67N5O8S. The highest BCUT2D eigenvalue weighted by Gasteiger charge is 2.70. The van der Waals surface area contributed by atoms with E-state index in [1.54, 1.807) is 4.90 Å². The lowest BCUT2D eigenvalue weighted by Gasteiger charge is -2.45. The summed E-state index contributed by atoms with van der Waals surface area (Å²) in [5.41, 5.74) is -1.86. The minimum Gasteiger partial charge on any atom is -0.395 e. The molecule has 0 spiro atoms. The van der Waals surface area contributed by atoms with Gasteiger partial charge in [-0.2, -0.15) is 0 Å². The van der Waals surface area contributed by atoms with Crippen LogP contribution in [0.4, 0.5) is 4.79 Å². The fraction of sp³-hybridized carbons (Fsp3) is 0.833. The lowest BCUT2D eigenvalue weighted by Crippen LogP contribution is -2.65. The number of sulfone groups is 1. The first kappa shape index (κ1) is 42.6. The molecular weight excluding hydrogens is 735 g/mol. The van der Waals surface area contributed by atoms with E-state index >= 15 is 4.79 Å². The van der Waals surface area contributed by atoms with Gasteiger partial charge in [0.2, 0.25) is 17.6 Å². The molecule has 1 aliphatic heterocycles. The Labute approximate surface area is 333 Å². The van der Waals surface area contributed by atoms with E-state index in [0.717, 1.165) is 70.6 Å². The summed E-state index contributed by atoms with van der Waals surface area (Å²) in [6.45, 7) is 9.79. The van der Waals surface area contributed by atoms with Gasteiger partial charge in [-0.3, -0.25) is 19.2 Å². The minimum absolute atomic E-state index is 0.0543. The van der Waals surface area contributed by atoms with Gasteiger partial charge in [0.05, 0.1) is 28.7 Å². The molecule has 6 fully saturated rings. The summed E-state index contributed by atoms with van der Waals surface area (Å²) in [4.78, 5) is 71.4. The van der Waals surface area contributed by atoms with Crippen LogP contribution < -0.4 is 21.3 Å². The van der Waals surface area contributed by atoms with E-state index in [-0.39, 0.29) is 41.4 Å². The Balaban J connectivity index is 1.24. The molecule has 314 valence electrons. The fourth-order valence-corrected chi connectivity index (χ4v) is 13.5. The van der Waals surface area contributed by atoms with Gasteiger partial charge in [0.1, 0.15) is 12.1 Å². The Morgan fingerprint density at radius 1 is 0.857 bits per heavy atom. The highest BCUT2D eigenvalue weighted by Crippen LogP contribution is 2.65. The van der Waals surface area contributed by atoms with Crippen molar-refractivity contribution < 1.29 is 37.5 Å². The van der Waals surface area contributed by atoms with Gasteiger partial charge in [-0.1, -0.05) is 97.5 Å². The van der Waals surface area contributed by atoms with Crippen molar-refractivity contribution in [1.82, 2.24) is 26.2 Å². The van der Waals surface area contributed by atoms with Gasteiger partial charge in [0.15, 0.2) is 9.84 Å². The quantitative estimate of drug-likeness (QED) is 0.114. The van der Waals surface area contributed by atoms with Crippen LogP contribution in [0.2, 0.25) is 0 Å². The first-order valence-corrected chi connectivity index (χ1v) is 23.1. The molecule has 6 aliphatic rings. The Hall–Kier alpha value is -3.00. The predicted octanol–water partition coefficient (Wildman–Crippen LogP) is 4.08. The molecule has 5 amide bonds. The fourth-order valence-electron chi connectivity index (χ4n) is 11.0. The number of fused-ring (bicyclic) bond motifs is 1. The lowest BCUT2D eigenvalue weighted by atomic mass is 9.70. The van der Waals surface area contributed by atoms with Crippen LogP contribution in [0.25, 0.3) is 0 Å². The molecule has 5 atom stereocenters. The number of hydrogen-bond acceptors (Lipinski definition) is 8. The number of piperidine rings is 1. The molecule has 5 aliphatic carbocycles. The van der Waals surface area contributed by atoms with Gasteiger partial charge in [-0.15, -0.1) is 6.58 Å². The van der Waals surface area contributed by atoms with Crippen LogP contribution in [0, 0.1) is 28.6 Å². The number of ketones is 1. The monoisotopic (exact) mass is 801 g/mol. The SMILES string of the molecule is C=CCNC(=O)C(=O)[C@H](CC1CC1)NC(=O)[C@@H]1[C@@H]2[C@H](CN1C(=O)[C@@H](NC(=O)NC1(CS(=O)(=O)C3(CO)CCCCC3)CCCCC1)C1(C)CCCCC1)C2(C)C. The van der Waals surface area contributed by atoms with Crippen molar-refractivity contribution >= 4 is 39.4 Å². The second-order valence-electron chi connectivity index (χ2n) is 19.2. The van der Waals surface area contributed by atoms with Crippen LogP contribution in [0.15, 0.2) is 12.7 Å². The van der Waals surface area contributed by atoms with Crippen molar-refractivity contribution in [3.63, 3.8) is 0 Å². The van der Waals surface area contributed by atoms with Crippen molar-refractivity contribution in [2.75, 3.05) is 25.4 Å². The van der Waals surface area contributed by atoms with E-state index in [1.807, 2.05) is 6.92 Å². The molecule has 0 bridgehead atoms. The minimum atomic E-state index is -3.81. The Bertz CT molecular complexity index is 1620. The van der Waals surface area contributed by atoms with Crippen molar-refractivity contribution in [3.05, 3.63) is 12.7 Å². The third-order valence-corrected chi connectivity index (χ3v) is 17.7. The number of carbonyl (C=O) groups is 5. The molecule has 0 aromatic rings. The summed E-state index contributed by atoms with van der Waals surface area (Å²) >= 11 is 0. The molecule has 5 N–H and O–H groups in total. The van der Waals surface area contributed by atoms with Crippen LogP contribution in [-0.4, -0.2) is 102 Å². The number of carbonyl (C=O) groups excluding carboxylic acids is 5. The van der Waals surface area contributed by atoms with E-state index in [9.17, 15) is 32.7 Å². The zero-order valence-corrected chi connectivity index (χ0v) is 34.8.